The summed E-state index contributed by atoms with van der Waals surface area (Å²) in [4.78, 5) is 4.74. The van der Waals surface area contributed by atoms with Crippen molar-refractivity contribution in [1.29, 1.82) is 0 Å². The highest BCUT2D eigenvalue weighted by atomic mass is 15.0. The molecule has 0 radical (unpaired) electrons. The normalized spacial score (nSPS) is 10.8. The Balaban J connectivity index is 0.00000176. The quantitative estimate of drug-likeness (QED) is 0.707. The molecule has 0 atom stereocenters. The molecule has 116 valence electrons. The molecule has 1 aromatic carbocycles. The van der Waals surface area contributed by atoms with Gasteiger partial charge in [-0.25, -0.2) is 0 Å². The van der Waals surface area contributed by atoms with Crippen LogP contribution in [0.2, 0.25) is 0 Å². The van der Waals surface area contributed by atoms with Crippen molar-refractivity contribution in [1.82, 2.24) is 9.55 Å². The fraction of sp³-hybridized carbons (Fsp3) is 0.316. The molecule has 0 saturated heterocycles. The summed E-state index contributed by atoms with van der Waals surface area (Å²) in [7, 11) is 2.03. The summed E-state index contributed by atoms with van der Waals surface area (Å²) in [5.74, 6) is 0. The molecule has 0 aliphatic rings. The molecule has 0 aliphatic heterocycles. The maximum absolute atomic E-state index is 6.19. The first-order valence-electron chi connectivity index (χ1n) is 7.19. The molecule has 3 aromatic rings. The largest absolute Gasteiger partial charge is 0.397 e. The number of hydrogen-bond donors (Lipinski definition) is 1. The molecule has 0 unspecified atom stereocenters. The smallest absolute Gasteiger partial charge is 0.0983 e. The number of pyridine rings is 1. The number of benzene rings is 1. The molecule has 2 heterocycles. The molecule has 0 saturated carbocycles. The van der Waals surface area contributed by atoms with Crippen LogP contribution in [-0.4, -0.2) is 9.55 Å². The highest BCUT2D eigenvalue weighted by Gasteiger charge is 2.16. The molecule has 0 aliphatic carbocycles. The number of nitrogen functional groups attached to an aromatic ring is 1. The van der Waals surface area contributed by atoms with E-state index in [2.05, 4.69) is 43.7 Å². The van der Waals surface area contributed by atoms with Crippen LogP contribution in [0.5, 0.6) is 0 Å². The average Bonchev–Trinajstić information content (AvgIpc) is 2.65. The van der Waals surface area contributed by atoms with Gasteiger partial charge in [-0.05, 0) is 50.5 Å². The number of aromatic nitrogens is 2. The highest BCUT2D eigenvalue weighted by molar-refractivity contribution is 6.00. The minimum atomic E-state index is 0. The second kappa shape index (κ2) is 5.48. The predicted octanol–water partition coefficient (Wildman–Crippen LogP) is 4.69. The SMILES string of the molecule is C.Cc1cc(C)c(-c2cn(C)c3c(N)cc(C)nc23)c(C)c1. The summed E-state index contributed by atoms with van der Waals surface area (Å²) in [5.41, 5.74) is 16.2. The lowest BCUT2D eigenvalue weighted by Crippen LogP contribution is -1.95. The lowest BCUT2D eigenvalue weighted by atomic mass is 9.95. The maximum atomic E-state index is 6.19. The molecule has 3 nitrogen and oxygen atoms in total. The Morgan fingerprint density at radius 2 is 1.59 bits per heavy atom. The maximum Gasteiger partial charge on any atom is 0.0983 e. The van der Waals surface area contributed by atoms with Gasteiger partial charge in [-0.3, -0.25) is 4.98 Å². The summed E-state index contributed by atoms with van der Waals surface area (Å²) in [6.07, 6.45) is 2.14. The Morgan fingerprint density at radius 3 is 2.18 bits per heavy atom. The van der Waals surface area contributed by atoms with Crippen molar-refractivity contribution in [3.63, 3.8) is 0 Å². The van der Waals surface area contributed by atoms with E-state index in [1.54, 1.807) is 0 Å². The van der Waals surface area contributed by atoms with E-state index in [4.69, 9.17) is 10.7 Å². The van der Waals surface area contributed by atoms with E-state index in [1.807, 2.05) is 20.0 Å². The topological polar surface area (TPSA) is 43.8 Å². The van der Waals surface area contributed by atoms with Gasteiger partial charge in [0.25, 0.3) is 0 Å². The van der Waals surface area contributed by atoms with Crippen molar-refractivity contribution in [3.05, 3.63) is 46.8 Å². The van der Waals surface area contributed by atoms with E-state index in [1.165, 1.54) is 22.3 Å². The van der Waals surface area contributed by atoms with Gasteiger partial charge in [0.05, 0.1) is 16.7 Å². The van der Waals surface area contributed by atoms with Crippen LogP contribution in [0.3, 0.4) is 0 Å². The Bertz CT molecular complexity index is 834. The molecule has 2 aromatic heterocycles. The number of hydrogen-bond acceptors (Lipinski definition) is 2. The van der Waals surface area contributed by atoms with Crippen molar-refractivity contribution in [2.24, 2.45) is 7.05 Å². The van der Waals surface area contributed by atoms with E-state index < -0.39 is 0 Å². The Morgan fingerprint density at radius 1 is 1.00 bits per heavy atom. The van der Waals surface area contributed by atoms with Crippen molar-refractivity contribution >= 4 is 16.7 Å². The zero-order chi connectivity index (χ0) is 15.3. The van der Waals surface area contributed by atoms with Crippen molar-refractivity contribution in [3.8, 4) is 11.1 Å². The Kier molecular flexibility index (Phi) is 4.01. The molecule has 0 spiro atoms. The van der Waals surface area contributed by atoms with E-state index in [0.29, 0.717) is 0 Å². The minimum absolute atomic E-state index is 0. The minimum Gasteiger partial charge on any atom is -0.397 e. The Labute approximate surface area is 132 Å². The lowest BCUT2D eigenvalue weighted by molar-refractivity contribution is 0.969. The van der Waals surface area contributed by atoms with E-state index in [9.17, 15) is 0 Å². The van der Waals surface area contributed by atoms with Crippen LogP contribution in [0.25, 0.3) is 22.2 Å². The van der Waals surface area contributed by atoms with Gasteiger partial charge in [0.1, 0.15) is 0 Å². The van der Waals surface area contributed by atoms with E-state index >= 15 is 0 Å². The van der Waals surface area contributed by atoms with Crippen LogP contribution in [0.15, 0.2) is 24.4 Å². The van der Waals surface area contributed by atoms with Gasteiger partial charge >= 0.3 is 0 Å². The van der Waals surface area contributed by atoms with Gasteiger partial charge in [-0.2, -0.15) is 0 Å². The molecule has 2 N–H and O–H groups in total. The molecule has 3 rings (SSSR count). The number of nitrogens with zero attached hydrogens (tertiary/aromatic N) is 2. The van der Waals surface area contributed by atoms with Crippen molar-refractivity contribution in [2.75, 3.05) is 5.73 Å². The number of aryl methyl sites for hydroxylation is 5. The third-order valence-electron chi connectivity index (χ3n) is 4.03. The third kappa shape index (κ3) is 2.37. The van der Waals surface area contributed by atoms with Gasteiger partial charge < -0.3 is 10.3 Å². The molecule has 3 heteroatoms. The van der Waals surface area contributed by atoms with Crippen LogP contribution in [-0.2, 0) is 7.05 Å². The fourth-order valence-electron chi connectivity index (χ4n) is 3.36. The van der Waals surface area contributed by atoms with Crippen molar-refractivity contribution in [2.45, 2.75) is 35.1 Å². The van der Waals surface area contributed by atoms with Crippen LogP contribution in [0.1, 0.15) is 29.8 Å². The van der Waals surface area contributed by atoms with Crippen LogP contribution >= 0.6 is 0 Å². The molecular formula is C19H25N3. The van der Waals surface area contributed by atoms with E-state index in [0.717, 1.165) is 28.0 Å². The number of rotatable bonds is 1. The first-order chi connectivity index (χ1) is 9.88. The monoisotopic (exact) mass is 295 g/mol. The summed E-state index contributed by atoms with van der Waals surface area (Å²) in [6.45, 7) is 8.44. The van der Waals surface area contributed by atoms with Crippen LogP contribution in [0, 0.1) is 27.7 Å². The van der Waals surface area contributed by atoms with Gasteiger partial charge in [0, 0.05) is 24.5 Å². The summed E-state index contributed by atoms with van der Waals surface area (Å²) >= 11 is 0. The fourth-order valence-corrected chi connectivity index (χ4v) is 3.36. The summed E-state index contributed by atoms with van der Waals surface area (Å²) < 4.78 is 2.07. The number of fused-ring (bicyclic) bond motifs is 1. The summed E-state index contributed by atoms with van der Waals surface area (Å²) in [5, 5.41) is 0. The Hall–Kier alpha value is -2.29. The van der Waals surface area contributed by atoms with Gasteiger partial charge in [-0.1, -0.05) is 25.1 Å². The first-order valence-corrected chi connectivity index (χ1v) is 7.19. The van der Waals surface area contributed by atoms with Gasteiger partial charge in [0.2, 0.25) is 0 Å². The zero-order valence-electron chi connectivity index (χ0n) is 13.3. The van der Waals surface area contributed by atoms with Crippen LogP contribution in [0.4, 0.5) is 5.69 Å². The molecule has 0 bridgehead atoms. The third-order valence-corrected chi connectivity index (χ3v) is 4.03. The highest BCUT2D eigenvalue weighted by Crippen LogP contribution is 2.36. The van der Waals surface area contributed by atoms with E-state index in [-0.39, 0.29) is 7.43 Å². The summed E-state index contributed by atoms with van der Waals surface area (Å²) in [6, 6.07) is 6.38. The van der Waals surface area contributed by atoms with Gasteiger partial charge in [-0.15, -0.1) is 0 Å². The second-order valence-corrected chi connectivity index (χ2v) is 5.98. The van der Waals surface area contributed by atoms with Crippen LogP contribution < -0.4 is 5.73 Å². The predicted molar refractivity (Wildman–Crippen MR) is 96.2 cm³/mol. The lowest BCUT2D eigenvalue weighted by Gasteiger charge is -2.10. The second-order valence-electron chi connectivity index (χ2n) is 5.98. The van der Waals surface area contributed by atoms with Gasteiger partial charge in [0.15, 0.2) is 0 Å². The molecule has 0 fully saturated rings. The first kappa shape index (κ1) is 16.1. The molecule has 0 amide bonds. The standard InChI is InChI=1S/C18H21N3.CH4/c1-10-6-11(2)16(12(3)7-10)14-9-21(5)18-15(19)8-13(4)20-17(14)18;/h6-9H,1-5H3,(H2,19,20);1H4. The average molecular weight is 295 g/mol. The molecule has 22 heavy (non-hydrogen) atoms. The zero-order valence-corrected chi connectivity index (χ0v) is 13.3. The number of anilines is 1. The number of nitrogens with two attached hydrogens (primary N) is 1. The molecular weight excluding hydrogens is 270 g/mol. The van der Waals surface area contributed by atoms with Crippen molar-refractivity contribution < 1.29 is 0 Å².